The monoisotopic (exact) mass is 349 g/mol. The fraction of sp³-hybridized carbons (Fsp3) is 0.263. The number of ether oxygens (including phenoxy) is 1. The smallest absolute Gasteiger partial charge is 0.338 e. The first kappa shape index (κ1) is 16.3. The molecule has 1 aliphatic carbocycles. The minimum absolute atomic E-state index is 0.390. The number of aromatic nitrogens is 4. The summed E-state index contributed by atoms with van der Waals surface area (Å²) in [6.07, 6.45) is 7.82. The minimum Gasteiger partial charge on any atom is -0.465 e. The molecule has 4 rings (SSSR count). The zero-order chi connectivity index (χ0) is 18.1. The maximum Gasteiger partial charge on any atom is 0.338 e. The van der Waals surface area contributed by atoms with Gasteiger partial charge in [0.25, 0.3) is 0 Å². The Bertz CT molecular complexity index is 962. The molecule has 0 unspecified atom stereocenters. The Labute approximate surface area is 151 Å². The molecule has 0 saturated heterocycles. The van der Waals surface area contributed by atoms with Crippen LogP contribution in [0.25, 0.3) is 11.3 Å². The second-order valence-electron chi connectivity index (χ2n) is 6.33. The topological polar surface area (TPSA) is 81.9 Å². The van der Waals surface area contributed by atoms with E-state index in [4.69, 9.17) is 4.74 Å². The first-order valence-electron chi connectivity index (χ1n) is 8.48. The Hall–Kier alpha value is -3.22. The molecule has 7 heteroatoms. The van der Waals surface area contributed by atoms with Gasteiger partial charge in [-0.05, 0) is 31.4 Å². The molecule has 26 heavy (non-hydrogen) atoms. The van der Waals surface area contributed by atoms with Crippen LogP contribution in [0, 0.1) is 6.92 Å². The lowest BCUT2D eigenvalue weighted by Crippen LogP contribution is -2.06. The van der Waals surface area contributed by atoms with Crippen molar-refractivity contribution < 1.29 is 9.53 Å². The molecular formula is C19H19N5O2. The Kier molecular flexibility index (Phi) is 4.12. The number of benzene rings is 1. The van der Waals surface area contributed by atoms with Crippen molar-refractivity contribution in [2.45, 2.75) is 25.8 Å². The summed E-state index contributed by atoms with van der Waals surface area (Å²) in [4.78, 5) is 21.0. The molecule has 1 fully saturated rings. The van der Waals surface area contributed by atoms with E-state index in [1.54, 1.807) is 24.5 Å². The molecule has 7 nitrogen and oxygen atoms in total. The molecule has 0 radical (unpaired) electrons. The number of carbonyl (C=O) groups is 1. The average molecular weight is 349 g/mol. The van der Waals surface area contributed by atoms with Crippen LogP contribution in [0.15, 0.2) is 42.9 Å². The highest BCUT2D eigenvalue weighted by atomic mass is 16.5. The lowest BCUT2D eigenvalue weighted by molar-refractivity contribution is 0.0601. The van der Waals surface area contributed by atoms with Crippen LogP contribution >= 0.6 is 0 Å². The van der Waals surface area contributed by atoms with Crippen molar-refractivity contribution in [1.82, 2.24) is 19.7 Å². The maximum absolute atomic E-state index is 12.1. The molecule has 3 aromatic rings. The highest BCUT2D eigenvalue weighted by Crippen LogP contribution is 2.35. The van der Waals surface area contributed by atoms with Crippen molar-refractivity contribution >= 4 is 17.6 Å². The van der Waals surface area contributed by atoms with E-state index in [1.807, 2.05) is 29.9 Å². The number of methoxy groups -OCH3 is 1. The predicted molar refractivity (Wildman–Crippen MR) is 97.3 cm³/mol. The van der Waals surface area contributed by atoms with Gasteiger partial charge in [-0.1, -0.05) is 18.2 Å². The molecule has 1 aliphatic rings. The second-order valence-corrected chi connectivity index (χ2v) is 6.33. The van der Waals surface area contributed by atoms with E-state index >= 15 is 0 Å². The molecule has 132 valence electrons. The molecule has 0 spiro atoms. The van der Waals surface area contributed by atoms with Gasteiger partial charge in [-0.2, -0.15) is 5.10 Å². The molecule has 1 N–H and O–H groups in total. The van der Waals surface area contributed by atoms with Crippen LogP contribution in [0.2, 0.25) is 0 Å². The van der Waals surface area contributed by atoms with Crippen molar-refractivity contribution in [2.75, 3.05) is 12.4 Å². The van der Waals surface area contributed by atoms with Gasteiger partial charge in [-0.15, -0.1) is 0 Å². The molecule has 0 atom stereocenters. The normalized spacial score (nSPS) is 13.5. The van der Waals surface area contributed by atoms with Gasteiger partial charge in [0.15, 0.2) is 0 Å². The first-order valence-corrected chi connectivity index (χ1v) is 8.48. The average Bonchev–Trinajstić information content (AvgIpc) is 3.42. The number of anilines is 2. The van der Waals surface area contributed by atoms with Crippen molar-refractivity contribution in [3.63, 3.8) is 0 Å². The van der Waals surface area contributed by atoms with Crippen molar-refractivity contribution in [3.8, 4) is 11.3 Å². The fourth-order valence-corrected chi connectivity index (χ4v) is 2.82. The number of aryl methyl sites for hydroxylation is 1. The zero-order valence-electron chi connectivity index (χ0n) is 14.6. The van der Waals surface area contributed by atoms with Crippen molar-refractivity contribution in [2.24, 2.45) is 0 Å². The third-order valence-corrected chi connectivity index (χ3v) is 4.34. The van der Waals surface area contributed by atoms with Crippen molar-refractivity contribution in [1.29, 1.82) is 0 Å². The van der Waals surface area contributed by atoms with Gasteiger partial charge in [-0.3, -0.25) is 4.68 Å². The number of esters is 1. The number of hydrogen-bond donors (Lipinski definition) is 1. The minimum atomic E-state index is -0.390. The summed E-state index contributed by atoms with van der Waals surface area (Å²) < 4.78 is 6.85. The van der Waals surface area contributed by atoms with Gasteiger partial charge in [-0.25, -0.2) is 14.8 Å². The Morgan fingerprint density at radius 3 is 2.85 bits per heavy atom. The van der Waals surface area contributed by atoms with Gasteiger partial charge in [0.05, 0.1) is 36.3 Å². The summed E-state index contributed by atoms with van der Waals surface area (Å²) in [7, 11) is 1.37. The zero-order valence-corrected chi connectivity index (χ0v) is 14.6. The van der Waals surface area contributed by atoms with E-state index in [2.05, 4.69) is 20.4 Å². The lowest BCUT2D eigenvalue weighted by Gasteiger charge is -2.11. The Morgan fingerprint density at radius 2 is 2.08 bits per heavy atom. The first-order chi connectivity index (χ1) is 12.7. The van der Waals surface area contributed by atoms with Gasteiger partial charge in [0.1, 0.15) is 0 Å². The van der Waals surface area contributed by atoms with Gasteiger partial charge in [0, 0.05) is 18.0 Å². The second kappa shape index (κ2) is 6.59. The van der Waals surface area contributed by atoms with E-state index in [9.17, 15) is 4.79 Å². The highest BCUT2D eigenvalue weighted by molar-refractivity contribution is 5.97. The molecule has 1 saturated carbocycles. The molecule has 1 aromatic carbocycles. The Morgan fingerprint density at radius 1 is 1.27 bits per heavy atom. The van der Waals surface area contributed by atoms with E-state index in [1.165, 1.54) is 20.0 Å². The number of carbonyl (C=O) groups excluding carboxylic acids is 1. The van der Waals surface area contributed by atoms with Crippen LogP contribution in [0.5, 0.6) is 0 Å². The van der Waals surface area contributed by atoms with Crippen molar-refractivity contribution in [3.05, 3.63) is 54.0 Å². The van der Waals surface area contributed by atoms with Crippen LogP contribution in [-0.4, -0.2) is 32.8 Å². The SMILES string of the molecule is COC(=O)c1ccccc1-c1nc(Nc2cnn(C3CC3)c2)ncc1C. The third kappa shape index (κ3) is 3.15. The van der Waals surface area contributed by atoms with Gasteiger partial charge < -0.3 is 10.1 Å². The molecule has 2 heterocycles. The molecule has 0 amide bonds. The van der Waals surface area contributed by atoms with Crippen LogP contribution < -0.4 is 5.32 Å². The lowest BCUT2D eigenvalue weighted by atomic mass is 10.0. The molecule has 2 aromatic heterocycles. The quantitative estimate of drug-likeness (QED) is 0.710. The fourth-order valence-electron chi connectivity index (χ4n) is 2.82. The summed E-state index contributed by atoms with van der Waals surface area (Å²) in [5.41, 5.74) is 3.60. The molecule has 0 aliphatic heterocycles. The predicted octanol–water partition coefficient (Wildman–Crippen LogP) is 3.51. The number of rotatable bonds is 5. The standard InChI is InChI=1S/C19H19N5O2/c1-12-9-20-19(22-13-10-21-24(11-13)14-7-8-14)23-17(12)15-5-3-4-6-16(15)18(25)26-2/h3-6,9-11,14H,7-8H2,1-2H3,(H,20,22,23). The molecule has 0 bridgehead atoms. The van der Waals surface area contributed by atoms with Gasteiger partial charge >= 0.3 is 5.97 Å². The Balaban J connectivity index is 1.67. The van der Waals surface area contributed by atoms with Gasteiger partial charge in [0.2, 0.25) is 5.95 Å². The van der Waals surface area contributed by atoms with E-state index < -0.39 is 0 Å². The van der Waals surface area contributed by atoms with Crippen LogP contribution in [0.1, 0.15) is 34.8 Å². The highest BCUT2D eigenvalue weighted by Gasteiger charge is 2.24. The molecular weight excluding hydrogens is 330 g/mol. The number of hydrogen-bond acceptors (Lipinski definition) is 6. The largest absolute Gasteiger partial charge is 0.465 e. The summed E-state index contributed by atoms with van der Waals surface area (Å²) in [5.74, 6) is 0.0689. The van der Waals surface area contributed by atoms with Crippen LogP contribution in [-0.2, 0) is 4.74 Å². The summed E-state index contributed by atoms with van der Waals surface area (Å²) in [6.45, 7) is 1.91. The van der Waals surface area contributed by atoms with E-state index in [0.29, 0.717) is 23.2 Å². The van der Waals surface area contributed by atoms with Crippen LogP contribution in [0.4, 0.5) is 11.6 Å². The third-order valence-electron chi connectivity index (χ3n) is 4.34. The summed E-state index contributed by atoms with van der Waals surface area (Å²) in [6, 6.07) is 7.78. The summed E-state index contributed by atoms with van der Waals surface area (Å²) >= 11 is 0. The van der Waals surface area contributed by atoms with E-state index in [0.717, 1.165) is 16.8 Å². The van der Waals surface area contributed by atoms with E-state index in [-0.39, 0.29) is 5.97 Å². The van der Waals surface area contributed by atoms with Crippen LogP contribution in [0.3, 0.4) is 0 Å². The maximum atomic E-state index is 12.1. The number of nitrogens with zero attached hydrogens (tertiary/aromatic N) is 4. The summed E-state index contributed by atoms with van der Waals surface area (Å²) in [5, 5.41) is 7.54. The number of nitrogens with one attached hydrogen (secondary N) is 1.